The molecule has 2 unspecified atom stereocenters. The fourth-order valence-corrected chi connectivity index (χ4v) is 5.34. The Kier molecular flexibility index (Phi) is 4.03. The predicted octanol–water partition coefficient (Wildman–Crippen LogP) is 2.19. The standard InChI is InChI=1S/C24H17FN6O4/c25-12-5-6-16-15(9-12)24(34)29-8-7-17(29)20-19(26-11-31(16)20)21-27-18(28-35-21)10-30-22(32)13-3-1-2-4-14(13)23(30)33/h1-6,9,11,17,19-20H,7-8,10H2/t17?,19-,20?/m0/s1. The topological polar surface area (TPSA) is 112 Å². The minimum absolute atomic E-state index is 0.128. The minimum Gasteiger partial charge on any atom is -0.337 e. The summed E-state index contributed by atoms with van der Waals surface area (Å²) in [4.78, 5) is 52.1. The van der Waals surface area contributed by atoms with Crippen molar-refractivity contribution in [3.63, 3.8) is 0 Å². The maximum absolute atomic E-state index is 13.9. The van der Waals surface area contributed by atoms with Gasteiger partial charge in [0.1, 0.15) is 5.82 Å². The summed E-state index contributed by atoms with van der Waals surface area (Å²) in [6, 6.07) is 9.77. The van der Waals surface area contributed by atoms with Gasteiger partial charge in [-0.05, 0) is 36.8 Å². The summed E-state index contributed by atoms with van der Waals surface area (Å²) in [6.45, 7) is 0.447. The number of anilines is 1. The summed E-state index contributed by atoms with van der Waals surface area (Å²) in [5, 5.41) is 4.00. The van der Waals surface area contributed by atoms with Crippen molar-refractivity contribution < 1.29 is 23.3 Å². The Morgan fingerprint density at radius 3 is 2.49 bits per heavy atom. The molecule has 3 aromatic rings. The van der Waals surface area contributed by atoms with Gasteiger partial charge >= 0.3 is 0 Å². The second kappa shape index (κ2) is 7.05. The normalized spacial score (nSPS) is 24.2. The zero-order chi connectivity index (χ0) is 23.8. The zero-order valence-corrected chi connectivity index (χ0v) is 18.2. The van der Waals surface area contributed by atoms with Crippen LogP contribution in [0.2, 0.25) is 0 Å². The maximum Gasteiger partial charge on any atom is 0.261 e. The Morgan fingerprint density at radius 1 is 1.00 bits per heavy atom. The third-order valence-corrected chi connectivity index (χ3v) is 7.10. The lowest BCUT2D eigenvalue weighted by Gasteiger charge is -2.45. The molecule has 4 aliphatic heterocycles. The lowest BCUT2D eigenvalue weighted by atomic mass is 9.90. The van der Waals surface area contributed by atoms with Gasteiger partial charge in [0, 0.05) is 6.54 Å². The number of fused-ring (bicyclic) bond motifs is 6. The van der Waals surface area contributed by atoms with Crippen LogP contribution in [0, 0.1) is 5.82 Å². The second-order valence-electron chi connectivity index (χ2n) is 8.91. The Labute approximate surface area is 197 Å². The molecule has 1 aromatic heterocycles. The molecule has 0 saturated carbocycles. The van der Waals surface area contributed by atoms with E-state index in [1.807, 2.05) is 4.90 Å². The summed E-state index contributed by atoms with van der Waals surface area (Å²) in [5.74, 6) is -1.09. The van der Waals surface area contributed by atoms with Crippen molar-refractivity contribution in [3.05, 3.63) is 76.7 Å². The van der Waals surface area contributed by atoms with E-state index in [4.69, 9.17) is 4.52 Å². The fourth-order valence-electron chi connectivity index (χ4n) is 5.34. The largest absolute Gasteiger partial charge is 0.337 e. The average Bonchev–Trinajstić information content (AvgIpc) is 3.52. The molecule has 7 rings (SSSR count). The van der Waals surface area contributed by atoms with Gasteiger partial charge in [-0.1, -0.05) is 17.3 Å². The number of imide groups is 1. The molecule has 174 valence electrons. The molecule has 0 spiro atoms. The molecule has 5 heterocycles. The van der Waals surface area contributed by atoms with Crippen molar-refractivity contribution in [2.45, 2.75) is 31.1 Å². The highest BCUT2D eigenvalue weighted by atomic mass is 19.1. The van der Waals surface area contributed by atoms with Crippen LogP contribution < -0.4 is 4.90 Å². The van der Waals surface area contributed by atoms with E-state index in [9.17, 15) is 18.8 Å². The van der Waals surface area contributed by atoms with Gasteiger partial charge in [-0.15, -0.1) is 0 Å². The third-order valence-electron chi connectivity index (χ3n) is 7.10. The van der Waals surface area contributed by atoms with Crippen molar-refractivity contribution >= 4 is 29.7 Å². The van der Waals surface area contributed by atoms with Gasteiger partial charge in [0.15, 0.2) is 11.9 Å². The van der Waals surface area contributed by atoms with Crippen LogP contribution in [0.3, 0.4) is 0 Å². The zero-order valence-electron chi connectivity index (χ0n) is 18.2. The summed E-state index contributed by atoms with van der Waals surface area (Å²) in [6.07, 6.45) is 2.38. The van der Waals surface area contributed by atoms with Crippen LogP contribution >= 0.6 is 0 Å². The van der Waals surface area contributed by atoms with Crippen LogP contribution in [-0.2, 0) is 6.54 Å². The van der Waals surface area contributed by atoms with E-state index in [2.05, 4.69) is 15.1 Å². The van der Waals surface area contributed by atoms with E-state index in [-0.39, 0.29) is 36.3 Å². The Bertz CT molecular complexity index is 1430. The number of halogens is 1. The molecule has 0 radical (unpaired) electrons. The first-order valence-corrected chi connectivity index (χ1v) is 11.2. The molecule has 1 fully saturated rings. The number of nitrogens with zero attached hydrogens (tertiary/aromatic N) is 6. The molecule has 3 atom stereocenters. The molecule has 35 heavy (non-hydrogen) atoms. The number of aromatic nitrogens is 2. The Balaban J connectivity index is 1.19. The van der Waals surface area contributed by atoms with Crippen LogP contribution in [-0.4, -0.2) is 62.6 Å². The SMILES string of the molecule is O=C1c2ccccc2C(=O)N1Cc1noc([C@H]2N=CN3c4ccc(F)cc4C(=O)N4CCC4C23)n1. The highest BCUT2D eigenvalue weighted by molar-refractivity contribution is 6.21. The van der Waals surface area contributed by atoms with Gasteiger partial charge in [0.25, 0.3) is 23.6 Å². The summed E-state index contributed by atoms with van der Waals surface area (Å²) in [5.41, 5.74) is 1.56. The summed E-state index contributed by atoms with van der Waals surface area (Å²) >= 11 is 0. The van der Waals surface area contributed by atoms with Crippen molar-refractivity contribution in [2.75, 3.05) is 11.4 Å². The highest BCUT2D eigenvalue weighted by Crippen LogP contribution is 2.43. The van der Waals surface area contributed by atoms with Gasteiger partial charge in [0.05, 0.1) is 47.3 Å². The molecule has 11 heteroatoms. The number of amides is 3. The van der Waals surface area contributed by atoms with Crippen molar-refractivity contribution in [3.8, 4) is 0 Å². The number of carbonyl (C=O) groups excluding carboxylic acids is 3. The fraction of sp³-hybridized carbons (Fsp3) is 0.250. The van der Waals surface area contributed by atoms with Gasteiger partial charge in [-0.25, -0.2) is 4.39 Å². The van der Waals surface area contributed by atoms with Crippen molar-refractivity contribution in [1.82, 2.24) is 19.9 Å². The van der Waals surface area contributed by atoms with E-state index >= 15 is 0 Å². The molecular weight excluding hydrogens is 455 g/mol. The number of rotatable bonds is 3. The van der Waals surface area contributed by atoms with Crippen LogP contribution in [0.15, 0.2) is 52.0 Å². The molecule has 4 aliphatic rings. The molecule has 10 nitrogen and oxygen atoms in total. The van der Waals surface area contributed by atoms with Crippen LogP contribution in [0.4, 0.5) is 10.1 Å². The van der Waals surface area contributed by atoms with Crippen LogP contribution in [0.25, 0.3) is 0 Å². The minimum atomic E-state index is -0.560. The first-order valence-electron chi connectivity index (χ1n) is 11.2. The molecule has 0 N–H and O–H groups in total. The van der Waals surface area contributed by atoms with Gasteiger partial charge in [-0.2, -0.15) is 4.98 Å². The number of hydrogen-bond acceptors (Lipinski definition) is 8. The summed E-state index contributed by atoms with van der Waals surface area (Å²) in [7, 11) is 0. The van der Waals surface area contributed by atoms with E-state index < -0.39 is 23.7 Å². The quantitative estimate of drug-likeness (QED) is 0.537. The predicted molar refractivity (Wildman–Crippen MR) is 118 cm³/mol. The van der Waals surface area contributed by atoms with Crippen molar-refractivity contribution in [2.24, 2.45) is 4.99 Å². The second-order valence-corrected chi connectivity index (χ2v) is 8.91. The smallest absolute Gasteiger partial charge is 0.261 e. The number of benzene rings is 2. The third kappa shape index (κ3) is 2.74. The van der Waals surface area contributed by atoms with Gasteiger partial charge in [0.2, 0.25) is 0 Å². The molecule has 2 aromatic carbocycles. The molecular formula is C24H17FN6O4. The number of carbonyl (C=O) groups is 3. The molecule has 3 amide bonds. The molecule has 0 aliphatic carbocycles. The van der Waals surface area contributed by atoms with E-state index in [0.717, 1.165) is 11.3 Å². The van der Waals surface area contributed by atoms with Gasteiger partial charge in [-0.3, -0.25) is 24.3 Å². The van der Waals surface area contributed by atoms with Gasteiger partial charge < -0.3 is 14.3 Å². The lowest BCUT2D eigenvalue weighted by molar-refractivity contribution is 0.0399. The molecule has 1 saturated heterocycles. The first kappa shape index (κ1) is 20.0. The van der Waals surface area contributed by atoms with E-state index in [1.165, 1.54) is 12.1 Å². The van der Waals surface area contributed by atoms with E-state index in [1.54, 1.807) is 41.6 Å². The Morgan fingerprint density at radius 2 is 1.77 bits per heavy atom. The van der Waals surface area contributed by atoms with Crippen molar-refractivity contribution in [1.29, 1.82) is 0 Å². The number of hydrogen-bond donors (Lipinski definition) is 0. The monoisotopic (exact) mass is 472 g/mol. The van der Waals surface area contributed by atoms with Crippen LogP contribution in [0.5, 0.6) is 0 Å². The van der Waals surface area contributed by atoms with Crippen LogP contribution in [0.1, 0.15) is 55.3 Å². The maximum atomic E-state index is 13.9. The van der Waals surface area contributed by atoms with E-state index in [0.29, 0.717) is 28.9 Å². The summed E-state index contributed by atoms with van der Waals surface area (Å²) < 4.78 is 19.5. The highest BCUT2D eigenvalue weighted by Gasteiger charge is 2.51. The molecule has 0 bridgehead atoms. The first-order chi connectivity index (χ1) is 17.0. The Hall–Kier alpha value is -4.41. The lowest BCUT2D eigenvalue weighted by Crippen LogP contribution is -2.59. The average molecular weight is 472 g/mol. The number of aliphatic imine (C=N–C) groups is 1.